The number of hydrogen-bond acceptors (Lipinski definition) is 2. The number of nitrogens with zero attached hydrogens (tertiary/aromatic N) is 3. The molecule has 1 aliphatic rings. The number of aryl methyl sites for hydroxylation is 2. The molecule has 1 aromatic carbocycles. The van der Waals surface area contributed by atoms with Gasteiger partial charge in [-0.25, -0.2) is 0 Å². The summed E-state index contributed by atoms with van der Waals surface area (Å²) in [6, 6.07) is 9.14. The molecule has 3 nitrogen and oxygen atoms in total. The van der Waals surface area contributed by atoms with Crippen LogP contribution in [0.4, 0.5) is 11.5 Å². The van der Waals surface area contributed by atoms with Crippen molar-refractivity contribution in [3.05, 3.63) is 41.1 Å². The Kier molecular flexibility index (Phi) is 3.13. The molecule has 0 saturated carbocycles. The van der Waals surface area contributed by atoms with Crippen molar-refractivity contribution in [3.8, 4) is 0 Å². The van der Waals surface area contributed by atoms with Crippen molar-refractivity contribution in [1.29, 1.82) is 0 Å². The molecule has 0 fully saturated rings. The van der Waals surface area contributed by atoms with Gasteiger partial charge >= 0.3 is 0 Å². The minimum Gasteiger partial charge on any atom is -0.323 e. The number of alkyl halides is 1. The monoisotopic (exact) mass is 319 g/mol. The maximum Gasteiger partial charge on any atom is 0.135 e. The molecule has 2 aromatic rings. The molecule has 0 spiro atoms. The van der Waals surface area contributed by atoms with Crippen molar-refractivity contribution in [2.75, 3.05) is 4.90 Å². The number of halogens is 1. The lowest BCUT2D eigenvalue weighted by Gasteiger charge is -2.26. The molecular formula is C15H18BrN3. The van der Waals surface area contributed by atoms with Crippen LogP contribution in [0.25, 0.3) is 0 Å². The molecule has 1 unspecified atom stereocenters. The molecule has 0 radical (unpaired) electrons. The average molecular weight is 320 g/mol. The second kappa shape index (κ2) is 4.67. The van der Waals surface area contributed by atoms with Crippen LogP contribution in [0.5, 0.6) is 0 Å². The molecule has 1 aliphatic heterocycles. The van der Waals surface area contributed by atoms with Crippen LogP contribution < -0.4 is 4.90 Å². The van der Waals surface area contributed by atoms with Crippen LogP contribution in [0.15, 0.2) is 24.3 Å². The van der Waals surface area contributed by atoms with Gasteiger partial charge < -0.3 is 4.90 Å². The molecule has 1 aromatic heterocycles. The van der Waals surface area contributed by atoms with E-state index in [4.69, 9.17) is 0 Å². The second-order valence-electron chi connectivity index (χ2n) is 5.20. The number of aromatic nitrogens is 2. The first-order chi connectivity index (χ1) is 9.13. The molecular weight excluding hydrogens is 302 g/mol. The van der Waals surface area contributed by atoms with Gasteiger partial charge in [-0.15, -0.1) is 0 Å². The summed E-state index contributed by atoms with van der Waals surface area (Å²) in [6.45, 7) is 4.35. The van der Waals surface area contributed by atoms with E-state index in [0.29, 0.717) is 6.04 Å². The molecule has 1 atom stereocenters. The second-order valence-corrected chi connectivity index (χ2v) is 5.76. The minimum atomic E-state index is 0.477. The van der Waals surface area contributed by atoms with Crippen molar-refractivity contribution in [1.82, 2.24) is 9.78 Å². The Bertz CT molecular complexity index is 618. The zero-order valence-electron chi connectivity index (χ0n) is 11.5. The summed E-state index contributed by atoms with van der Waals surface area (Å²) >= 11 is 3.60. The van der Waals surface area contributed by atoms with E-state index in [0.717, 1.165) is 17.4 Å². The molecule has 4 heteroatoms. The predicted molar refractivity (Wildman–Crippen MR) is 82.3 cm³/mol. The topological polar surface area (TPSA) is 21.1 Å². The first kappa shape index (κ1) is 12.7. The summed E-state index contributed by atoms with van der Waals surface area (Å²) < 4.78 is 2.00. The Labute approximate surface area is 122 Å². The summed E-state index contributed by atoms with van der Waals surface area (Å²) in [4.78, 5) is 2.42. The van der Waals surface area contributed by atoms with Gasteiger partial charge in [0.05, 0.1) is 5.69 Å². The van der Waals surface area contributed by atoms with Gasteiger partial charge in [-0.1, -0.05) is 34.1 Å². The third-order valence-corrected chi connectivity index (χ3v) is 4.44. The third-order valence-electron chi connectivity index (χ3n) is 3.88. The van der Waals surface area contributed by atoms with Crippen LogP contribution in [-0.4, -0.2) is 15.8 Å². The zero-order valence-corrected chi connectivity index (χ0v) is 13.1. The highest BCUT2D eigenvalue weighted by Crippen LogP contribution is 2.40. The van der Waals surface area contributed by atoms with Crippen molar-refractivity contribution < 1.29 is 0 Å². The highest BCUT2D eigenvalue weighted by molar-refractivity contribution is 9.08. The Balaban J connectivity index is 2.17. The molecule has 0 saturated heterocycles. The van der Waals surface area contributed by atoms with Gasteiger partial charge in [0, 0.05) is 29.7 Å². The van der Waals surface area contributed by atoms with E-state index >= 15 is 0 Å². The van der Waals surface area contributed by atoms with Gasteiger partial charge in [0.1, 0.15) is 5.82 Å². The number of benzene rings is 1. The Hall–Kier alpha value is -1.29. The van der Waals surface area contributed by atoms with Crippen LogP contribution in [0.2, 0.25) is 0 Å². The highest BCUT2D eigenvalue weighted by atomic mass is 79.9. The van der Waals surface area contributed by atoms with Crippen molar-refractivity contribution in [3.63, 3.8) is 0 Å². The third kappa shape index (κ3) is 1.89. The van der Waals surface area contributed by atoms with Crippen LogP contribution in [0, 0.1) is 6.92 Å². The van der Waals surface area contributed by atoms with Gasteiger partial charge in [-0.2, -0.15) is 5.10 Å². The first-order valence-corrected chi connectivity index (χ1v) is 7.71. The Morgan fingerprint density at radius 3 is 2.84 bits per heavy atom. The fraction of sp³-hybridized carbons (Fsp3) is 0.400. The minimum absolute atomic E-state index is 0.477. The Morgan fingerprint density at radius 1 is 1.37 bits per heavy atom. The lowest BCUT2D eigenvalue weighted by Crippen LogP contribution is -2.26. The fourth-order valence-electron chi connectivity index (χ4n) is 3.04. The molecule has 100 valence electrons. The van der Waals surface area contributed by atoms with Gasteiger partial charge in [-0.3, -0.25) is 4.68 Å². The predicted octanol–water partition coefficient (Wildman–Crippen LogP) is 3.71. The van der Waals surface area contributed by atoms with E-state index in [2.05, 4.69) is 64.0 Å². The largest absolute Gasteiger partial charge is 0.323 e. The van der Waals surface area contributed by atoms with Crippen molar-refractivity contribution in [2.45, 2.75) is 31.6 Å². The number of hydrogen-bond donors (Lipinski definition) is 0. The summed E-state index contributed by atoms with van der Waals surface area (Å²) in [6.07, 6.45) is 1.10. The fourth-order valence-corrected chi connectivity index (χ4v) is 3.69. The lowest BCUT2D eigenvalue weighted by molar-refractivity contribution is 0.693. The quantitative estimate of drug-likeness (QED) is 0.787. The average Bonchev–Trinajstić information content (AvgIpc) is 2.84. The summed E-state index contributed by atoms with van der Waals surface area (Å²) in [5, 5.41) is 5.42. The van der Waals surface area contributed by atoms with Crippen LogP contribution in [0.3, 0.4) is 0 Å². The van der Waals surface area contributed by atoms with E-state index in [1.807, 2.05) is 11.7 Å². The molecule has 19 heavy (non-hydrogen) atoms. The number of anilines is 2. The molecule has 0 N–H and O–H groups in total. The SMILES string of the molecule is Cc1nn(C)c(N2c3ccccc3CC2C)c1CBr. The normalized spacial score (nSPS) is 17.9. The van der Waals surface area contributed by atoms with Gasteiger partial charge in [0.2, 0.25) is 0 Å². The highest BCUT2D eigenvalue weighted by Gasteiger charge is 2.31. The van der Waals surface area contributed by atoms with E-state index in [-0.39, 0.29) is 0 Å². The Morgan fingerprint density at radius 2 is 2.11 bits per heavy atom. The lowest BCUT2D eigenvalue weighted by atomic mass is 10.1. The van der Waals surface area contributed by atoms with Crippen LogP contribution in [0.1, 0.15) is 23.7 Å². The smallest absolute Gasteiger partial charge is 0.135 e. The van der Waals surface area contributed by atoms with Crippen molar-refractivity contribution in [2.24, 2.45) is 7.05 Å². The van der Waals surface area contributed by atoms with Gasteiger partial charge in [0.25, 0.3) is 0 Å². The zero-order chi connectivity index (χ0) is 13.6. The van der Waals surface area contributed by atoms with E-state index in [1.54, 1.807) is 0 Å². The summed E-state index contributed by atoms with van der Waals surface area (Å²) in [5.41, 5.74) is 5.13. The molecule has 3 rings (SSSR count). The summed E-state index contributed by atoms with van der Waals surface area (Å²) in [5.74, 6) is 1.21. The number of fused-ring (bicyclic) bond motifs is 1. The number of para-hydroxylation sites is 1. The van der Waals surface area contributed by atoms with Crippen molar-refractivity contribution >= 4 is 27.4 Å². The van der Waals surface area contributed by atoms with Gasteiger partial charge in [0.15, 0.2) is 0 Å². The van der Waals surface area contributed by atoms with Gasteiger partial charge in [-0.05, 0) is 31.9 Å². The van der Waals surface area contributed by atoms with Crippen LogP contribution >= 0.6 is 15.9 Å². The number of rotatable bonds is 2. The molecule has 0 aliphatic carbocycles. The molecule has 0 amide bonds. The van der Waals surface area contributed by atoms with E-state index in [9.17, 15) is 0 Å². The van der Waals surface area contributed by atoms with Crippen LogP contribution in [-0.2, 0) is 18.8 Å². The standard InChI is InChI=1S/C15H18BrN3/c1-10-8-12-6-4-5-7-14(12)19(10)15-13(9-16)11(2)17-18(15)3/h4-7,10H,8-9H2,1-3H3. The van der Waals surface area contributed by atoms with E-state index in [1.165, 1.54) is 22.6 Å². The molecule has 2 heterocycles. The maximum atomic E-state index is 4.58. The molecule has 0 bridgehead atoms. The maximum absolute atomic E-state index is 4.58. The summed E-state index contributed by atoms with van der Waals surface area (Å²) in [7, 11) is 2.03. The van der Waals surface area contributed by atoms with E-state index < -0.39 is 0 Å². The first-order valence-electron chi connectivity index (χ1n) is 6.59.